The number of benzene rings is 1. The minimum atomic E-state index is -1.03. The van der Waals surface area contributed by atoms with Crippen LogP contribution in [0.4, 0.5) is 4.39 Å². The molecule has 0 spiro atoms. The smallest absolute Gasteiger partial charge is 0.306 e. The van der Waals surface area contributed by atoms with Crippen LogP contribution in [0.25, 0.3) is 0 Å². The molecule has 0 bridgehead atoms. The number of esters is 1. The number of amides is 2. The van der Waals surface area contributed by atoms with Crippen molar-refractivity contribution >= 4 is 17.8 Å². The van der Waals surface area contributed by atoms with Gasteiger partial charge in [0.25, 0.3) is 5.91 Å². The predicted octanol–water partition coefficient (Wildman–Crippen LogP) is 0.999. The minimum absolute atomic E-state index is 0.0505. The molecule has 2 atom stereocenters. The van der Waals surface area contributed by atoms with Gasteiger partial charge in [-0.05, 0) is 37.1 Å². The Balaban J connectivity index is 2.75. The Labute approximate surface area is 127 Å². The normalized spacial score (nSPS) is 13.0. The monoisotopic (exact) mass is 310 g/mol. The maximum atomic E-state index is 12.8. The molecule has 1 aromatic carbocycles. The van der Waals surface area contributed by atoms with E-state index in [0.29, 0.717) is 0 Å². The van der Waals surface area contributed by atoms with Crippen molar-refractivity contribution in [1.29, 1.82) is 0 Å². The first-order valence-corrected chi connectivity index (χ1v) is 6.86. The molecule has 7 heteroatoms. The lowest BCUT2D eigenvalue weighted by Crippen LogP contribution is -2.49. The van der Waals surface area contributed by atoms with Gasteiger partial charge in [0.1, 0.15) is 11.9 Å². The third-order valence-corrected chi connectivity index (χ3v) is 3.06. The van der Waals surface area contributed by atoms with Crippen molar-refractivity contribution in [1.82, 2.24) is 5.32 Å². The highest BCUT2D eigenvalue weighted by atomic mass is 19.1. The molecule has 0 aliphatic heterocycles. The Morgan fingerprint density at radius 3 is 2.36 bits per heavy atom. The van der Waals surface area contributed by atoms with E-state index < -0.39 is 35.6 Å². The number of halogens is 1. The first-order valence-electron chi connectivity index (χ1n) is 6.86. The van der Waals surface area contributed by atoms with Gasteiger partial charge in [0.05, 0.1) is 13.0 Å². The lowest BCUT2D eigenvalue weighted by atomic mass is 9.97. The largest absolute Gasteiger partial charge is 0.466 e. The van der Waals surface area contributed by atoms with Gasteiger partial charge in [0.15, 0.2) is 0 Å². The van der Waals surface area contributed by atoms with Crippen LogP contribution in [0.3, 0.4) is 0 Å². The summed E-state index contributed by atoms with van der Waals surface area (Å²) in [7, 11) is 0. The molecule has 6 nitrogen and oxygen atoms in total. The highest BCUT2D eigenvalue weighted by Gasteiger charge is 2.27. The Morgan fingerprint density at radius 2 is 1.86 bits per heavy atom. The van der Waals surface area contributed by atoms with Gasteiger partial charge >= 0.3 is 5.97 Å². The van der Waals surface area contributed by atoms with Crippen LogP contribution in [-0.4, -0.2) is 30.4 Å². The van der Waals surface area contributed by atoms with E-state index in [9.17, 15) is 18.8 Å². The molecule has 0 heterocycles. The van der Waals surface area contributed by atoms with Crippen molar-refractivity contribution in [2.75, 3.05) is 6.61 Å². The van der Waals surface area contributed by atoms with E-state index in [4.69, 9.17) is 10.5 Å². The van der Waals surface area contributed by atoms with Crippen LogP contribution >= 0.6 is 0 Å². The number of hydrogen-bond donors (Lipinski definition) is 2. The average molecular weight is 310 g/mol. The van der Waals surface area contributed by atoms with E-state index in [0.717, 1.165) is 12.1 Å². The predicted molar refractivity (Wildman–Crippen MR) is 77.3 cm³/mol. The van der Waals surface area contributed by atoms with Crippen LogP contribution in [0.5, 0.6) is 0 Å². The lowest BCUT2D eigenvalue weighted by Gasteiger charge is -2.21. The summed E-state index contributed by atoms with van der Waals surface area (Å²) in [6, 6.07) is 3.83. The van der Waals surface area contributed by atoms with Crippen molar-refractivity contribution < 1.29 is 23.5 Å². The van der Waals surface area contributed by atoms with Gasteiger partial charge in [-0.15, -0.1) is 0 Å². The molecule has 0 aromatic heterocycles. The van der Waals surface area contributed by atoms with E-state index in [1.165, 1.54) is 12.1 Å². The van der Waals surface area contributed by atoms with Crippen molar-refractivity contribution in [3.63, 3.8) is 0 Å². The third-order valence-electron chi connectivity index (χ3n) is 3.06. The standard InChI is InChI=1S/C15H19FN2O4/c1-3-22-12(19)8-9(2)13(14(17)20)18-15(21)10-4-6-11(16)7-5-10/h4-7,9,13H,3,8H2,1-2H3,(H2,17,20)(H,18,21)/t9-,13-/m1/s1. The summed E-state index contributed by atoms with van der Waals surface area (Å²) in [4.78, 5) is 35.0. The number of nitrogens with two attached hydrogens (primary N) is 1. The molecule has 1 aromatic rings. The zero-order chi connectivity index (χ0) is 16.7. The van der Waals surface area contributed by atoms with Crippen molar-refractivity contribution in [3.05, 3.63) is 35.6 Å². The van der Waals surface area contributed by atoms with E-state index in [-0.39, 0.29) is 18.6 Å². The number of rotatable bonds is 7. The third kappa shape index (κ3) is 5.16. The van der Waals surface area contributed by atoms with Gasteiger partial charge in [-0.25, -0.2) is 4.39 Å². The number of hydrogen-bond acceptors (Lipinski definition) is 4. The fourth-order valence-electron chi connectivity index (χ4n) is 1.92. The molecule has 3 N–H and O–H groups in total. The second kappa shape index (κ2) is 8.11. The number of carbonyl (C=O) groups excluding carboxylic acids is 3. The maximum absolute atomic E-state index is 12.8. The number of primary amides is 1. The van der Waals surface area contributed by atoms with Gasteiger partial charge < -0.3 is 15.8 Å². The fourth-order valence-corrected chi connectivity index (χ4v) is 1.92. The summed E-state index contributed by atoms with van der Waals surface area (Å²) in [5.41, 5.74) is 5.46. The number of nitrogens with one attached hydrogen (secondary N) is 1. The van der Waals surface area contributed by atoms with Crippen molar-refractivity contribution in [3.8, 4) is 0 Å². The van der Waals surface area contributed by atoms with E-state index in [1.54, 1.807) is 13.8 Å². The first-order chi connectivity index (χ1) is 10.3. The molecule has 2 amide bonds. The Hall–Kier alpha value is -2.44. The second-order valence-electron chi connectivity index (χ2n) is 4.85. The maximum Gasteiger partial charge on any atom is 0.306 e. The SMILES string of the molecule is CCOC(=O)C[C@@H](C)[C@@H](NC(=O)c1ccc(F)cc1)C(N)=O. The molecule has 22 heavy (non-hydrogen) atoms. The number of carbonyl (C=O) groups is 3. The van der Waals surface area contributed by atoms with E-state index >= 15 is 0 Å². The van der Waals surface area contributed by atoms with Crippen LogP contribution in [-0.2, 0) is 14.3 Å². The summed E-state index contributed by atoms with van der Waals surface area (Å²) in [5.74, 6) is -2.80. The van der Waals surface area contributed by atoms with E-state index in [1.807, 2.05) is 0 Å². The highest BCUT2D eigenvalue weighted by Crippen LogP contribution is 2.11. The zero-order valence-corrected chi connectivity index (χ0v) is 12.5. The highest BCUT2D eigenvalue weighted by molar-refractivity contribution is 5.97. The molecule has 0 radical (unpaired) electrons. The molecule has 0 saturated carbocycles. The van der Waals surface area contributed by atoms with Gasteiger partial charge in [-0.2, -0.15) is 0 Å². The van der Waals surface area contributed by atoms with Crippen LogP contribution in [0.1, 0.15) is 30.6 Å². The molecule has 0 aliphatic rings. The Kier molecular flexibility index (Phi) is 6.49. The average Bonchev–Trinajstić information content (AvgIpc) is 2.44. The summed E-state index contributed by atoms with van der Waals surface area (Å²) in [6.07, 6.45) is -0.0505. The lowest BCUT2D eigenvalue weighted by molar-refractivity contribution is -0.144. The van der Waals surface area contributed by atoms with Crippen LogP contribution < -0.4 is 11.1 Å². The molecule has 120 valence electrons. The Morgan fingerprint density at radius 1 is 1.27 bits per heavy atom. The van der Waals surface area contributed by atoms with Gasteiger partial charge in [0.2, 0.25) is 5.91 Å². The Bertz CT molecular complexity index is 545. The van der Waals surface area contributed by atoms with Crippen LogP contribution in [0.2, 0.25) is 0 Å². The molecule has 1 rings (SSSR count). The fraction of sp³-hybridized carbons (Fsp3) is 0.400. The topological polar surface area (TPSA) is 98.5 Å². The minimum Gasteiger partial charge on any atom is -0.466 e. The quantitative estimate of drug-likeness (QED) is 0.734. The molecule has 0 fully saturated rings. The summed E-state index contributed by atoms with van der Waals surface area (Å²) < 4.78 is 17.6. The first kappa shape index (κ1) is 17.6. The summed E-state index contributed by atoms with van der Waals surface area (Å²) in [5, 5.41) is 2.46. The van der Waals surface area contributed by atoms with Crippen molar-refractivity contribution in [2.45, 2.75) is 26.3 Å². The zero-order valence-electron chi connectivity index (χ0n) is 12.5. The van der Waals surface area contributed by atoms with Crippen LogP contribution in [0.15, 0.2) is 24.3 Å². The molecule has 0 aliphatic carbocycles. The summed E-state index contributed by atoms with van der Waals surface area (Å²) >= 11 is 0. The molecule has 0 unspecified atom stereocenters. The number of ether oxygens (including phenoxy) is 1. The van der Waals surface area contributed by atoms with Gasteiger partial charge in [0, 0.05) is 5.56 Å². The molecular weight excluding hydrogens is 291 g/mol. The molecular formula is C15H19FN2O4. The van der Waals surface area contributed by atoms with E-state index in [2.05, 4.69) is 5.32 Å². The van der Waals surface area contributed by atoms with Crippen molar-refractivity contribution in [2.24, 2.45) is 11.7 Å². The van der Waals surface area contributed by atoms with Gasteiger partial charge in [-0.1, -0.05) is 6.92 Å². The van der Waals surface area contributed by atoms with Crippen LogP contribution in [0, 0.1) is 11.7 Å². The molecule has 0 saturated heterocycles. The van der Waals surface area contributed by atoms with Gasteiger partial charge in [-0.3, -0.25) is 14.4 Å². The summed E-state index contributed by atoms with van der Waals surface area (Å²) in [6.45, 7) is 3.51. The second-order valence-corrected chi connectivity index (χ2v) is 4.85.